The predicted octanol–water partition coefficient (Wildman–Crippen LogP) is 2.03. The fourth-order valence-corrected chi connectivity index (χ4v) is 5.04. The molecule has 1 N–H and O–H groups in total. The maximum Gasteiger partial charge on any atom is 0.0108 e. The molecule has 1 aromatic rings. The zero-order valence-electron chi connectivity index (χ0n) is 10.6. The van der Waals surface area contributed by atoms with E-state index in [0.29, 0.717) is 0 Å². The Bertz CT molecular complexity index is 436. The Morgan fingerprint density at radius 3 is 2.78 bits per heavy atom. The third kappa shape index (κ3) is 1.89. The Labute approximate surface area is 113 Å². The van der Waals surface area contributed by atoms with Crippen LogP contribution in [0, 0.1) is 11.8 Å². The maximum atomic E-state index is 3.52. The summed E-state index contributed by atoms with van der Waals surface area (Å²) in [5, 5.41) is 3.52. The van der Waals surface area contributed by atoms with Gasteiger partial charge in [-0.2, -0.15) is 0 Å². The van der Waals surface area contributed by atoms with Gasteiger partial charge in [-0.3, -0.25) is 0 Å². The summed E-state index contributed by atoms with van der Waals surface area (Å²) in [4.78, 5) is 4.23. The second-order valence-electron chi connectivity index (χ2n) is 5.94. The van der Waals surface area contributed by atoms with Crippen LogP contribution in [0.25, 0.3) is 0 Å². The molecule has 3 atom stereocenters. The Balaban J connectivity index is 1.45. The molecule has 3 heterocycles. The van der Waals surface area contributed by atoms with Crippen LogP contribution in [0.1, 0.15) is 11.5 Å². The molecule has 0 aromatic heterocycles. The van der Waals surface area contributed by atoms with Crippen molar-refractivity contribution in [1.29, 1.82) is 0 Å². The molecule has 96 valence electrons. The minimum atomic E-state index is 0.762. The predicted molar refractivity (Wildman–Crippen MR) is 76.2 cm³/mol. The number of fused-ring (bicyclic) bond motifs is 2. The fourth-order valence-electron chi connectivity index (χ4n) is 3.79. The molecule has 3 heteroatoms. The van der Waals surface area contributed by atoms with E-state index in [1.54, 1.807) is 5.56 Å². The van der Waals surface area contributed by atoms with Crippen molar-refractivity contribution in [1.82, 2.24) is 10.2 Å². The molecule has 1 unspecified atom stereocenters. The number of benzene rings is 1. The molecule has 1 aromatic carbocycles. The summed E-state index contributed by atoms with van der Waals surface area (Å²) < 4.78 is 0. The van der Waals surface area contributed by atoms with Gasteiger partial charge in [-0.1, -0.05) is 18.2 Å². The van der Waals surface area contributed by atoms with Gasteiger partial charge in [0.05, 0.1) is 0 Å². The van der Waals surface area contributed by atoms with Gasteiger partial charge < -0.3 is 10.2 Å². The summed E-state index contributed by atoms with van der Waals surface area (Å²) >= 11 is 2.04. The molecular formula is C15H20N2S. The van der Waals surface area contributed by atoms with Crippen molar-refractivity contribution in [2.24, 2.45) is 11.8 Å². The molecule has 0 radical (unpaired) electrons. The van der Waals surface area contributed by atoms with Crippen molar-refractivity contribution in [2.75, 3.05) is 38.5 Å². The van der Waals surface area contributed by atoms with Gasteiger partial charge in [-0.15, -0.1) is 11.8 Å². The quantitative estimate of drug-likeness (QED) is 0.876. The van der Waals surface area contributed by atoms with Crippen LogP contribution in [0.2, 0.25) is 0 Å². The highest BCUT2D eigenvalue weighted by atomic mass is 32.2. The van der Waals surface area contributed by atoms with Gasteiger partial charge in [0.15, 0.2) is 0 Å². The molecule has 0 spiro atoms. The average molecular weight is 260 g/mol. The molecule has 0 saturated carbocycles. The highest BCUT2D eigenvalue weighted by Crippen LogP contribution is 2.40. The zero-order chi connectivity index (χ0) is 11.9. The molecule has 0 aliphatic carbocycles. The van der Waals surface area contributed by atoms with Crippen molar-refractivity contribution in [3.63, 3.8) is 0 Å². The van der Waals surface area contributed by atoms with Gasteiger partial charge >= 0.3 is 0 Å². The number of rotatable bonds is 2. The van der Waals surface area contributed by atoms with Crippen LogP contribution in [0.5, 0.6) is 0 Å². The molecule has 18 heavy (non-hydrogen) atoms. The van der Waals surface area contributed by atoms with Crippen molar-refractivity contribution in [3.8, 4) is 0 Å². The number of nitrogens with one attached hydrogen (secondary N) is 1. The molecule has 3 aliphatic heterocycles. The zero-order valence-corrected chi connectivity index (χ0v) is 11.5. The lowest BCUT2D eigenvalue weighted by Crippen LogP contribution is -2.30. The number of nitrogens with zero attached hydrogens (tertiary/aromatic N) is 1. The number of thioether (sulfide) groups is 1. The first-order valence-electron chi connectivity index (χ1n) is 7.05. The van der Waals surface area contributed by atoms with Crippen LogP contribution in [0.4, 0.5) is 0 Å². The average Bonchev–Trinajstić information content (AvgIpc) is 3.04. The van der Waals surface area contributed by atoms with E-state index < -0.39 is 0 Å². The van der Waals surface area contributed by atoms with E-state index in [1.807, 2.05) is 11.8 Å². The number of likely N-dealkylation sites (tertiary alicyclic amines) is 1. The first-order valence-corrected chi connectivity index (χ1v) is 8.03. The van der Waals surface area contributed by atoms with Gasteiger partial charge in [0.1, 0.15) is 0 Å². The summed E-state index contributed by atoms with van der Waals surface area (Å²) in [5.41, 5.74) is 1.60. The maximum absolute atomic E-state index is 3.52. The van der Waals surface area contributed by atoms with Gasteiger partial charge in [-0.05, 0) is 36.6 Å². The normalized spacial score (nSPS) is 34.8. The Morgan fingerprint density at radius 1 is 1.17 bits per heavy atom. The minimum Gasteiger partial charge on any atom is -0.316 e. The van der Waals surface area contributed by atoms with Crippen molar-refractivity contribution >= 4 is 11.8 Å². The third-order valence-corrected chi connectivity index (χ3v) is 5.99. The van der Waals surface area contributed by atoms with Crippen LogP contribution in [-0.2, 0) is 0 Å². The summed E-state index contributed by atoms with van der Waals surface area (Å²) in [5.74, 6) is 3.89. The van der Waals surface area contributed by atoms with Crippen LogP contribution < -0.4 is 5.32 Å². The van der Waals surface area contributed by atoms with E-state index in [2.05, 4.69) is 34.5 Å². The second kappa shape index (κ2) is 4.55. The molecule has 2 fully saturated rings. The monoisotopic (exact) mass is 260 g/mol. The van der Waals surface area contributed by atoms with E-state index in [-0.39, 0.29) is 0 Å². The van der Waals surface area contributed by atoms with Crippen molar-refractivity contribution in [2.45, 2.75) is 10.8 Å². The lowest BCUT2D eigenvalue weighted by atomic mass is 10.0. The van der Waals surface area contributed by atoms with Crippen LogP contribution >= 0.6 is 11.8 Å². The van der Waals surface area contributed by atoms with Crippen LogP contribution in [0.3, 0.4) is 0 Å². The largest absolute Gasteiger partial charge is 0.316 e. The highest BCUT2D eigenvalue weighted by molar-refractivity contribution is 7.99. The van der Waals surface area contributed by atoms with E-state index in [1.165, 1.54) is 43.4 Å². The minimum absolute atomic E-state index is 0.762. The highest BCUT2D eigenvalue weighted by Gasteiger charge is 2.37. The van der Waals surface area contributed by atoms with Gasteiger partial charge in [0.25, 0.3) is 0 Å². The summed E-state index contributed by atoms with van der Waals surface area (Å²) in [7, 11) is 0. The van der Waals surface area contributed by atoms with Crippen LogP contribution in [0.15, 0.2) is 29.2 Å². The fraction of sp³-hybridized carbons (Fsp3) is 0.600. The Kier molecular flexibility index (Phi) is 2.86. The van der Waals surface area contributed by atoms with Crippen molar-refractivity contribution < 1.29 is 0 Å². The van der Waals surface area contributed by atoms with Crippen molar-refractivity contribution in [3.05, 3.63) is 29.8 Å². The van der Waals surface area contributed by atoms with E-state index in [9.17, 15) is 0 Å². The molecule has 2 nitrogen and oxygen atoms in total. The molecule has 0 bridgehead atoms. The SMILES string of the molecule is c1ccc2c(c1)SCC2CN1C[C@H]2CNC[C@H]2C1. The van der Waals surface area contributed by atoms with E-state index in [0.717, 1.165) is 17.8 Å². The second-order valence-corrected chi connectivity index (χ2v) is 7.00. The molecule has 3 aliphatic rings. The van der Waals surface area contributed by atoms with Gasteiger partial charge in [0, 0.05) is 36.2 Å². The smallest absolute Gasteiger partial charge is 0.0108 e. The first-order chi connectivity index (χ1) is 8.90. The molecule has 0 amide bonds. The number of hydrogen-bond acceptors (Lipinski definition) is 3. The third-order valence-electron chi connectivity index (χ3n) is 4.74. The van der Waals surface area contributed by atoms with Crippen LogP contribution in [-0.4, -0.2) is 43.4 Å². The Hall–Kier alpha value is -0.510. The lowest BCUT2D eigenvalue weighted by Gasteiger charge is -2.21. The first kappa shape index (κ1) is 11.3. The lowest BCUT2D eigenvalue weighted by molar-refractivity contribution is 0.299. The molecule has 2 saturated heterocycles. The van der Waals surface area contributed by atoms with Gasteiger partial charge in [-0.25, -0.2) is 0 Å². The van der Waals surface area contributed by atoms with E-state index in [4.69, 9.17) is 0 Å². The summed E-state index contributed by atoms with van der Waals surface area (Å²) in [6, 6.07) is 8.97. The Morgan fingerprint density at radius 2 is 1.94 bits per heavy atom. The topological polar surface area (TPSA) is 15.3 Å². The van der Waals surface area contributed by atoms with E-state index >= 15 is 0 Å². The number of hydrogen-bond donors (Lipinski definition) is 1. The summed E-state index contributed by atoms with van der Waals surface area (Å²) in [6.45, 7) is 6.41. The molecular weight excluding hydrogens is 240 g/mol. The molecule has 4 rings (SSSR count). The van der Waals surface area contributed by atoms with Gasteiger partial charge in [0.2, 0.25) is 0 Å². The standard InChI is InChI=1S/C15H20N2S/c1-2-4-15-14(3-1)13(10-18-15)9-17-7-11-5-16-6-12(11)8-17/h1-4,11-13,16H,5-10H2/t11-,12+,13?. The summed E-state index contributed by atoms with van der Waals surface area (Å²) in [6.07, 6.45) is 0.